The number of hydrogen-bond acceptors (Lipinski definition) is 3. The highest BCUT2D eigenvalue weighted by Gasteiger charge is 2.27. The van der Waals surface area contributed by atoms with Gasteiger partial charge in [0.2, 0.25) is 5.91 Å². The predicted molar refractivity (Wildman–Crippen MR) is 99.4 cm³/mol. The van der Waals surface area contributed by atoms with Gasteiger partial charge in [0.15, 0.2) is 0 Å². The minimum Gasteiger partial charge on any atom is -0.350 e. The molecule has 0 unspecified atom stereocenters. The highest BCUT2D eigenvalue weighted by atomic mass is 32.2. The van der Waals surface area contributed by atoms with Crippen LogP contribution in [0.5, 0.6) is 0 Å². The molecule has 0 atom stereocenters. The van der Waals surface area contributed by atoms with E-state index >= 15 is 0 Å². The SMILES string of the molecule is Cc1ccccc1CNC(=O)CN(c1ccc(F)cc1)S(=O)(=O)N(C)C. The van der Waals surface area contributed by atoms with Gasteiger partial charge in [0.1, 0.15) is 12.4 Å². The predicted octanol–water partition coefficient (Wildman–Crippen LogP) is 2.06. The first-order chi connectivity index (χ1) is 12.2. The molecule has 1 N–H and O–H groups in total. The van der Waals surface area contributed by atoms with Gasteiger partial charge in [-0.25, -0.2) is 8.70 Å². The van der Waals surface area contributed by atoms with Crippen molar-refractivity contribution < 1.29 is 17.6 Å². The fourth-order valence-electron chi connectivity index (χ4n) is 2.30. The number of hydrogen-bond donors (Lipinski definition) is 1. The molecule has 0 heterocycles. The van der Waals surface area contributed by atoms with Crippen molar-refractivity contribution in [3.05, 3.63) is 65.5 Å². The van der Waals surface area contributed by atoms with Crippen LogP contribution in [-0.2, 0) is 21.5 Å². The highest BCUT2D eigenvalue weighted by molar-refractivity contribution is 7.90. The van der Waals surface area contributed by atoms with Crippen molar-refractivity contribution in [1.82, 2.24) is 9.62 Å². The Morgan fingerprint density at radius 2 is 1.69 bits per heavy atom. The number of halogens is 1. The summed E-state index contributed by atoms with van der Waals surface area (Å²) < 4.78 is 40.2. The highest BCUT2D eigenvalue weighted by Crippen LogP contribution is 2.19. The second kappa shape index (κ2) is 8.29. The van der Waals surface area contributed by atoms with Crippen molar-refractivity contribution >= 4 is 21.8 Å². The van der Waals surface area contributed by atoms with Crippen LogP contribution < -0.4 is 9.62 Å². The van der Waals surface area contributed by atoms with Crippen LogP contribution in [0.4, 0.5) is 10.1 Å². The topological polar surface area (TPSA) is 69.7 Å². The van der Waals surface area contributed by atoms with Gasteiger partial charge in [0.25, 0.3) is 0 Å². The van der Waals surface area contributed by atoms with Crippen LogP contribution in [0, 0.1) is 12.7 Å². The summed E-state index contributed by atoms with van der Waals surface area (Å²) in [6.45, 7) is 1.83. The summed E-state index contributed by atoms with van der Waals surface area (Å²) in [5.41, 5.74) is 2.19. The minimum atomic E-state index is -3.91. The van der Waals surface area contributed by atoms with Gasteiger partial charge in [-0.15, -0.1) is 0 Å². The van der Waals surface area contributed by atoms with Crippen molar-refractivity contribution in [2.75, 3.05) is 24.9 Å². The Bertz CT molecular complexity index is 868. The number of anilines is 1. The molecule has 2 aromatic carbocycles. The number of amides is 1. The molecule has 8 heteroatoms. The quantitative estimate of drug-likeness (QED) is 0.801. The third-order valence-corrected chi connectivity index (χ3v) is 5.70. The van der Waals surface area contributed by atoms with Gasteiger partial charge >= 0.3 is 10.2 Å². The summed E-state index contributed by atoms with van der Waals surface area (Å²) in [5, 5.41) is 2.72. The van der Waals surface area contributed by atoms with Gasteiger partial charge < -0.3 is 5.32 Å². The Kier molecular flexibility index (Phi) is 6.33. The molecule has 0 bridgehead atoms. The maximum atomic E-state index is 13.2. The molecular formula is C18H22FN3O3S. The molecule has 0 saturated heterocycles. The summed E-state index contributed by atoms with van der Waals surface area (Å²) >= 11 is 0. The number of rotatable bonds is 7. The van der Waals surface area contributed by atoms with E-state index in [4.69, 9.17) is 0 Å². The lowest BCUT2D eigenvalue weighted by atomic mass is 10.1. The maximum absolute atomic E-state index is 13.2. The molecule has 2 rings (SSSR count). The van der Waals surface area contributed by atoms with Gasteiger partial charge in [-0.1, -0.05) is 24.3 Å². The fraction of sp³-hybridized carbons (Fsp3) is 0.278. The molecule has 0 saturated carbocycles. The van der Waals surface area contributed by atoms with Crippen LogP contribution in [-0.4, -0.2) is 39.3 Å². The fourth-order valence-corrected chi connectivity index (χ4v) is 3.36. The molecule has 140 valence electrons. The smallest absolute Gasteiger partial charge is 0.304 e. The van der Waals surface area contributed by atoms with Crippen LogP contribution >= 0.6 is 0 Å². The summed E-state index contributed by atoms with van der Waals surface area (Å²) in [7, 11) is -1.16. The second-order valence-corrected chi connectivity index (χ2v) is 8.04. The van der Waals surface area contributed by atoms with E-state index in [0.717, 1.165) is 31.9 Å². The number of carbonyl (C=O) groups excluding carboxylic acids is 1. The molecule has 2 aromatic rings. The van der Waals surface area contributed by atoms with Gasteiger partial charge in [0.05, 0.1) is 5.69 Å². The zero-order chi connectivity index (χ0) is 19.3. The van der Waals surface area contributed by atoms with E-state index in [2.05, 4.69) is 5.32 Å². The Hall–Kier alpha value is -2.45. The van der Waals surface area contributed by atoms with Crippen molar-refractivity contribution in [3.63, 3.8) is 0 Å². The third-order valence-electron chi connectivity index (χ3n) is 3.88. The average Bonchev–Trinajstić information content (AvgIpc) is 2.59. The van der Waals surface area contributed by atoms with E-state index in [-0.39, 0.29) is 5.69 Å². The van der Waals surface area contributed by atoms with E-state index in [1.165, 1.54) is 26.2 Å². The van der Waals surface area contributed by atoms with Crippen molar-refractivity contribution in [1.29, 1.82) is 0 Å². The number of benzene rings is 2. The largest absolute Gasteiger partial charge is 0.350 e. The van der Waals surface area contributed by atoms with Crippen LogP contribution in [0.1, 0.15) is 11.1 Å². The van der Waals surface area contributed by atoms with E-state index in [1.54, 1.807) is 0 Å². The van der Waals surface area contributed by atoms with E-state index < -0.39 is 28.5 Å². The van der Waals surface area contributed by atoms with Gasteiger partial charge in [0, 0.05) is 20.6 Å². The Morgan fingerprint density at radius 3 is 2.27 bits per heavy atom. The number of carbonyl (C=O) groups is 1. The van der Waals surface area contributed by atoms with Crippen LogP contribution in [0.15, 0.2) is 48.5 Å². The maximum Gasteiger partial charge on any atom is 0.304 e. The van der Waals surface area contributed by atoms with Crippen molar-refractivity contribution in [3.8, 4) is 0 Å². The first-order valence-electron chi connectivity index (χ1n) is 7.99. The van der Waals surface area contributed by atoms with Crippen LogP contribution in [0.3, 0.4) is 0 Å². The molecule has 26 heavy (non-hydrogen) atoms. The Labute approximate surface area is 153 Å². The lowest BCUT2D eigenvalue weighted by Gasteiger charge is -2.27. The Morgan fingerprint density at radius 1 is 1.08 bits per heavy atom. The molecule has 0 aliphatic heterocycles. The van der Waals surface area contributed by atoms with Gasteiger partial charge in [-0.2, -0.15) is 12.7 Å². The van der Waals surface area contributed by atoms with E-state index in [9.17, 15) is 17.6 Å². The summed E-state index contributed by atoms with van der Waals surface area (Å²) in [4.78, 5) is 12.3. The van der Waals surface area contributed by atoms with Crippen molar-refractivity contribution in [2.45, 2.75) is 13.5 Å². The van der Waals surface area contributed by atoms with Gasteiger partial charge in [-0.3, -0.25) is 4.79 Å². The van der Waals surface area contributed by atoms with Gasteiger partial charge in [-0.05, 0) is 42.3 Å². The number of nitrogens with zero attached hydrogens (tertiary/aromatic N) is 2. The average molecular weight is 379 g/mol. The standard InChI is InChI=1S/C18H22FN3O3S/c1-14-6-4-5-7-15(14)12-20-18(23)13-22(26(24,25)21(2)3)17-10-8-16(19)9-11-17/h4-11H,12-13H2,1-3H3,(H,20,23). The summed E-state index contributed by atoms with van der Waals surface area (Å²) in [6, 6.07) is 12.6. The molecule has 1 amide bonds. The molecule has 0 aliphatic rings. The Balaban J connectivity index is 2.17. The van der Waals surface area contributed by atoms with Crippen LogP contribution in [0.25, 0.3) is 0 Å². The number of aryl methyl sites for hydroxylation is 1. The zero-order valence-corrected chi connectivity index (χ0v) is 15.8. The third kappa shape index (κ3) is 4.80. The first-order valence-corrected chi connectivity index (χ1v) is 9.38. The zero-order valence-electron chi connectivity index (χ0n) is 14.9. The second-order valence-electron chi connectivity index (χ2n) is 5.98. The monoisotopic (exact) mass is 379 g/mol. The molecule has 0 aliphatic carbocycles. The van der Waals surface area contributed by atoms with Crippen molar-refractivity contribution in [2.24, 2.45) is 0 Å². The minimum absolute atomic E-state index is 0.214. The summed E-state index contributed by atoms with van der Waals surface area (Å²) in [6.07, 6.45) is 0. The molecule has 0 radical (unpaired) electrons. The lowest BCUT2D eigenvalue weighted by molar-refractivity contribution is -0.119. The molecular weight excluding hydrogens is 357 g/mol. The normalized spacial score (nSPS) is 11.4. The number of nitrogens with one attached hydrogen (secondary N) is 1. The molecule has 0 fully saturated rings. The van der Waals surface area contributed by atoms with E-state index in [0.29, 0.717) is 6.54 Å². The van der Waals surface area contributed by atoms with E-state index in [1.807, 2.05) is 31.2 Å². The lowest BCUT2D eigenvalue weighted by Crippen LogP contribution is -2.45. The summed E-state index contributed by atoms with van der Waals surface area (Å²) in [5.74, 6) is -0.942. The van der Waals surface area contributed by atoms with Crippen LogP contribution in [0.2, 0.25) is 0 Å². The molecule has 6 nitrogen and oxygen atoms in total. The molecule has 0 aromatic heterocycles. The first kappa shape index (κ1) is 19.9. The molecule has 0 spiro atoms.